The van der Waals surface area contributed by atoms with Gasteiger partial charge in [-0.05, 0) is 25.6 Å². The van der Waals surface area contributed by atoms with Gasteiger partial charge in [-0.2, -0.15) is 0 Å². The molecule has 2 heterocycles. The molecule has 1 aliphatic heterocycles. The van der Waals surface area contributed by atoms with E-state index in [1.807, 2.05) is 7.05 Å². The third-order valence-corrected chi connectivity index (χ3v) is 3.27. The molecule has 2 rings (SSSR count). The molecule has 18 heavy (non-hydrogen) atoms. The number of likely N-dealkylation sites (tertiary alicyclic amines) is 1. The molecule has 1 saturated heterocycles. The van der Waals surface area contributed by atoms with Gasteiger partial charge in [-0.15, -0.1) is 0 Å². The third kappa shape index (κ3) is 2.69. The molecule has 1 aromatic heterocycles. The lowest BCUT2D eigenvalue weighted by Gasteiger charge is -2.17. The fourth-order valence-electron chi connectivity index (χ4n) is 2.26. The van der Waals surface area contributed by atoms with Gasteiger partial charge >= 0.3 is 0 Å². The Morgan fingerprint density at radius 3 is 3.00 bits per heavy atom. The quantitative estimate of drug-likeness (QED) is 0.879. The monoisotopic (exact) mass is 257 g/mol. The van der Waals surface area contributed by atoms with Gasteiger partial charge in [-0.1, -0.05) is 0 Å². The lowest BCUT2D eigenvalue weighted by atomic mass is 10.3. The fraction of sp³-hybridized carbons (Fsp3) is 0.583. The van der Waals surface area contributed by atoms with E-state index in [1.165, 1.54) is 10.8 Å². The van der Waals surface area contributed by atoms with Crippen LogP contribution in [0.25, 0.3) is 0 Å². The van der Waals surface area contributed by atoms with Gasteiger partial charge in [0.1, 0.15) is 5.69 Å². The second-order valence-corrected chi connectivity index (χ2v) is 4.46. The normalized spacial score (nSPS) is 19.8. The first-order valence-corrected chi connectivity index (χ1v) is 6.01. The van der Waals surface area contributed by atoms with E-state index < -0.39 is 13.0 Å². The zero-order valence-corrected chi connectivity index (χ0v) is 10.3. The van der Waals surface area contributed by atoms with Crippen molar-refractivity contribution >= 4 is 5.91 Å². The predicted molar refractivity (Wildman–Crippen MR) is 63.8 cm³/mol. The van der Waals surface area contributed by atoms with E-state index in [2.05, 4.69) is 5.32 Å². The molecule has 1 atom stereocenters. The highest BCUT2D eigenvalue weighted by atomic mass is 19.3. The summed E-state index contributed by atoms with van der Waals surface area (Å²) in [6, 6.07) is 3.52. The highest BCUT2D eigenvalue weighted by Crippen LogP contribution is 2.15. The highest BCUT2D eigenvalue weighted by Gasteiger charge is 2.27. The molecule has 0 aliphatic carbocycles. The molecule has 1 amide bonds. The molecule has 0 aromatic carbocycles. The smallest absolute Gasteiger partial charge is 0.270 e. The number of nitrogens with one attached hydrogen (secondary N) is 1. The standard InChI is InChI=1S/C12H17F2N3O/c1-15-9-4-6-17(7-9)12(18)10-3-2-5-16(10)8-11(13)14/h2-3,5,9,11,15H,4,6-8H2,1H3. The van der Waals surface area contributed by atoms with E-state index in [0.717, 1.165) is 6.42 Å². The van der Waals surface area contributed by atoms with Crippen LogP contribution in [0.5, 0.6) is 0 Å². The molecule has 1 aliphatic rings. The van der Waals surface area contributed by atoms with Crippen LogP contribution in [0.1, 0.15) is 16.9 Å². The number of carbonyl (C=O) groups excluding carboxylic acids is 1. The summed E-state index contributed by atoms with van der Waals surface area (Å²) in [5, 5.41) is 3.12. The van der Waals surface area contributed by atoms with Crippen LogP contribution in [0.2, 0.25) is 0 Å². The van der Waals surface area contributed by atoms with Crippen molar-refractivity contribution in [3.05, 3.63) is 24.0 Å². The zero-order chi connectivity index (χ0) is 13.1. The van der Waals surface area contributed by atoms with Crippen molar-refractivity contribution < 1.29 is 13.6 Å². The first-order valence-electron chi connectivity index (χ1n) is 6.01. The van der Waals surface area contributed by atoms with Gasteiger partial charge < -0.3 is 14.8 Å². The maximum atomic E-state index is 12.4. The van der Waals surface area contributed by atoms with Crippen molar-refractivity contribution in [3.63, 3.8) is 0 Å². The number of hydrogen-bond acceptors (Lipinski definition) is 2. The Kier molecular flexibility index (Phi) is 3.96. The summed E-state index contributed by atoms with van der Waals surface area (Å²) in [6.45, 7) is 0.872. The topological polar surface area (TPSA) is 37.3 Å². The Morgan fingerprint density at radius 1 is 1.61 bits per heavy atom. The summed E-state index contributed by atoms with van der Waals surface area (Å²) in [5.41, 5.74) is 0.340. The number of carbonyl (C=O) groups is 1. The van der Waals surface area contributed by atoms with E-state index in [0.29, 0.717) is 24.8 Å². The summed E-state index contributed by atoms with van der Waals surface area (Å²) < 4.78 is 26.1. The van der Waals surface area contributed by atoms with Crippen LogP contribution in [0.4, 0.5) is 8.78 Å². The minimum absolute atomic E-state index is 0.168. The molecule has 6 heteroatoms. The number of nitrogens with zero attached hydrogens (tertiary/aromatic N) is 2. The summed E-state index contributed by atoms with van der Waals surface area (Å²) >= 11 is 0. The molecule has 0 spiro atoms. The average molecular weight is 257 g/mol. The Labute approximate surface area is 105 Å². The molecular formula is C12H17F2N3O. The van der Waals surface area contributed by atoms with Crippen molar-refractivity contribution in [2.45, 2.75) is 25.4 Å². The van der Waals surface area contributed by atoms with Crippen LogP contribution >= 0.6 is 0 Å². The van der Waals surface area contributed by atoms with Gasteiger partial charge in [0, 0.05) is 25.3 Å². The fourth-order valence-corrected chi connectivity index (χ4v) is 2.26. The number of likely N-dealkylation sites (N-methyl/N-ethyl adjacent to an activating group) is 1. The zero-order valence-electron chi connectivity index (χ0n) is 10.3. The number of rotatable bonds is 4. The van der Waals surface area contributed by atoms with Gasteiger partial charge in [0.15, 0.2) is 0 Å². The maximum Gasteiger partial charge on any atom is 0.270 e. The van der Waals surface area contributed by atoms with Crippen molar-refractivity contribution in [3.8, 4) is 0 Å². The molecule has 1 N–H and O–H groups in total. The van der Waals surface area contributed by atoms with Crippen molar-refractivity contribution in [1.82, 2.24) is 14.8 Å². The first-order chi connectivity index (χ1) is 8.61. The molecular weight excluding hydrogens is 240 g/mol. The van der Waals surface area contributed by atoms with Crippen molar-refractivity contribution in [2.75, 3.05) is 20.1 Å². The van der Waals surface area contributed by atoms with Crippen molar-refractivity contribution in [2.24, 2.45) is 0 Å². The van der Waals surface area contributed by atoms with Crippen LogP contribution in [-0.4, -0.2) is 48.0 Å². The Hall–Kier alpha value is -1.43. The third-order valence-electron chi connectivity index (χ3n) is 3.27. The predicted octanol–water partition coefficient (Wildman–Crippen LogP) is 1.19. The van der Waals surface area contributed by atoms with Gasteiger partial charge in [0.05, 0.1) is 6.54 Å². The molecule has 100 valence electrons. The molecule has 0 saturated carbocycles. The minimum Gasteiger partial charge on any atom is -0.338 e. The van der Waals surface area contributed by atoms with Crippen LogP contribution in [0, 0.1) is 0 Å². The molecule has 4 nitrogen and oxygen atoms in total. The van der Waals surface area contributed by atoms with Crippen LogP contribution in [-0.2, 0) is 6.54 Å². The first kappa shape index (κ1) is 13.0. The molecule has 1 unspecified atom stereocenters. The van der Waals surface area contributed by atoms with Gasteiger partial charge in [-0.25, -0.2) is 8.78 Å². The van der Waals surface area contributed by atoms with Crippen molar-refractivity contribution in [1.29, 1.82) is 0 Å². The second kappa shape index (κ2) is 5.48. The molecule has 0 bridgehead atoms. The molecule has 1 aromatic rings. The van der Waals surface area contributed by atoms with E-state index >= 15 is 0 Å². The number of halogens is 2. The lowest BCUT2D eigenvalue weighted by Crippen LogP contribution is -2.34. The van der Waals surface area contributed by atoms with Gasteiger partial charge in [0.2, 0.25) is 0 Å². The highest BCUT2D eigenvalue weighted by molar-refractivity contribution is 5.93. The number of aromatic nitrogens is 1. The summed E-state index contributed by atoms with van der Waals surface area (Å²) in [4.78, 5) is 13.9. The van der Waals surface area contributed by atoms with Crippen LogP contribution in [0.3, 0.4) is 0 Å². The van der Waals surface area contributed by atoms with E-state index in [-0.39, 0.29) is 5.91 Å². The minimum atomic E-state index is -2.45. The number of hydrogen-bond donors (Lipinski definition) is 1. The lowest BCUT2D eigenvalue weighted by molar-refractivity contribution is 0.0768. The molecule has 1 fully saturated rings. The Morgan fingerprint density at radius 2 is 2.39 bits per heavy atom. The SMILES string of the molecule is CNC1CCN(C(=O)c2cccn2CC(F)F)C1. The Bertz CT molecular complexity index is 419. The summed E-state index contributed by atoms with van der Waals surface area (Å²) in [7, 11) is 1.86. The van der Waals surface area contributed by atoms with Gasteiger partial charge in [-0.3, -0.25) is 4.79 Å². The largest absolute Gasteiger partial charge is 0.338 e. The van der Waals surface area contributed by atoms with E-state index in [4.69, 9.17) is 0 Å². The van der Waals surface area contributed by atoms with E-state index in [9.17, 15) is 13.6 Å². The van der Waals surface area contributed by atoms with Crippen LogP contribution < -0.4 is 5.32 Å². The number of amides is 1. The number of alkyl halides is 2. The second-order valence-electron chi connectivity index (χ2n) is 4.46. The molecule has 0 radical (unpaired) electrons. The maximum absolute atomic E-state index is 12.4. The Balaban J connectivity index is 2.07. The summed E-state index contributed by atoms with van der Waals surface area (Å²) in [6.07, 6.45) is -0.0319. The summed E-state index contributed by atoms with van der Waals surface area (Å²) in [5.74, 6) is -0.168. The van der Waals surface area contributed by atoms with E-state index in [1.54, 1.807) is 17.0 Å². The van der Waals surface area contributed by atoms with Gasteiger partial charge in [0.25, 0.3) is 12.3 Å². The van der Waals surface area contributed by atoms with Crippen LogP contribution in [0.15, 0.2) is 18.3 Å². The average Bonchev–Trinajstić information content (AvgIpc) is 2.95.